The van der Waals surface area contributed by atoms with Crippen LogP contribution in [0.4, 0.5) is 0 Å². The number of carbonyl (C=O) groups is 4. The first-order valence-corrected chi connectivity index (χ1v) is 14.5. The molecule has 0 radical (unpaired) electrons. The fraction of sp³-hybridized carbons (Fsp3) is 0.429. The highest BCUT2D eigenvalue weighted by Crippen LogP contribution is 2.31. The molecule has 2 saturated carbocycles. The van der Waals surface area contributed by atoms with Crippen LogP contribution >= 0.6 is 22.9 Å². The van der Waals surface area contributed by atoms with Crippen LogP contribution in [0.5, 0.6) is 0 Å². The lowest BCUT2D eigenvalue weighted by Crippen LogP contribution is -2.55. The predicted molar refractivity (Wildman–Crippen MR) is 156 cm³/mol. The van der Waals surface area contributed by atoms with Crippen molar-refractivity contribution in [2.24, 2.45) is 11.8 Å². The number of rotatable bonds is 12. The predicted octanol–water partition coefficient (Wildman–Crippen LogP) is 2.03. The maximum Gasteiger partial charge on any atom is 0.289 e. The van der Waals surface area contributed by atoms with Gasteiger partial charge in [-0.1, -0.05) is 37.5 Å². The molecule has 2 atom stereocenters. The molecule has 11 nitrogen and oxygen atoms in total. The molecule has 2 fully saturated rings. The van der Waals surface area contributed by atoms with Crippen LogP contribution in [0.3, 0.4) is 0 Å². The van der Waals surface area contributed by atoms with Gasteiger partial charge in [-0.3, -0.25) is 26.8 Å². The fourth-order valence-corrected chi connectivity index (χ4v) is 5.51. The van der Waals surface area contributed by atoms with Crippen LogP contribution in [0, 0.1) is 11.8 Å². The zero-order chi connectivity index (χ0) is 28.2. The Labute approximate surface area is 244 Å². The van der Waals surface area contributed by atoms with Crippen LogP contribution in [0.25, 0.3) is 11.0 Å². The number of ketones is 1. The summed E-state index contributed by atoms with van der Waals surface area (Å²) in [5.74, 6) is -1.97. The molecular formula is C28H31IN6O5. The minimum absolute atomic E-state index is 0.149. The number of imidazole rings is 1. The number of para-hydroxylation sites is 2. The molecule has 1 aromatic carbocycles. The fourth-order valence-electron chi connectivity index (χ4n) is 4.78. The summed E-state index contributed by atoms with van der Waals surface area (Å²) in [6, 6.07) is 8.27. The average molecular weight is 658 g/mol. The molecule has 210 valence electrons. The molecule has 2 unspecified atom stereocenters. The van der Waals surface area contributed by atoms with Gasteiger partial charge in [0.15, 0.2) is 0 Å². The third kappa shape index (κ3) is 6.60. The van der Waals surface area contributed by atoms with Crippen molar-refractivity contribution < 1.29 is 19.2 Å². The van der Waals surface area contributed by atoms with Crippen molar-refractivity contribution in [2.75, 3.05) is 6.54 Å². The minimum atomic E-state index is -1.27. The van der Waals surface area contributed by atoms with Gasteiger partial charge in [0.1, 0.15) is 12.1 Å². The Hall–Kier alpha value is -3.55. The molecular weight excluding hydrogens is 627 g/mol. The van der Waals surface area contributed by atoms with Gasteiger partial charge in [-0.15, -0.1) is 0 Å². The second kappa shape index (κ2) is 12.3. The zero-order valence-electron chi connectivity index (χ0n) is 21.8. The Morgan fingerprint density at radius 3 is 2.45 bits per heavy atom. The van der Waals surface area contributed by atoms with Crippen LogP contribution in [0.1, 0.15) is 54.7 Å². The third-order valence-corrected chi connectivity index (χ3v) is 8.53. The van der Waals surface area contributed by atoms with Gasteiger partial charge in [-0.05, 0) is 49.3 Å². The molecule has 0 aliphatic heterocycles. The van der Waals surface area contributed by atoms with E-state index in [9.17, 15) is 24.0 Å². The molecule has 0 bridgehead atoms. The lowest BCUT2D eigenvalue weighted by Gasteiger charge is -2.30. The number of Topliss-reactive ketones (excluding diaryl/α,β-unsaturated/α-hetero) is 1. The van der Waals surface area contributed by atoms with Crippen molar-refractivity contribution in [1.29, 1.82) is 0 Å². The quantitative estimate of drug-likeness (QED) is 0.173. The molecule has 4 N–H and O–H groups in total. The summed E-state index contributed by atoms with van der Waals surface area (Å²) >= 11 is 2.00. The van der Waals surface area contributed by atoms with Gasteiger partial charge >= 0.3 is 0 Å². The summed E-state index contributed by atoms with van der Waals surface area (Å²) in [7, 11) is 0. The van der Waals surface area contributed by atoms with Crippen LogP contribution < -0.4 is 21.5 Å². The van der Waals surface area contributed by atoms with Crippen molar-refractivity contribution >= 4 is 57.4 Å². The number of aromatic amines is 1. The zero-order valence-corrected chi connectivity index (χ0v) is 24.0. The third-order valence-electron chi connectivity index (χ3n) is 7.55. The topological polar surface area (TPSA) is 155 Å². The smallest absolute Gasteiger partial charge is 0.289 e. The Bertz CT molecular complexity index is 1490. The highest BCUT2D eigenvalue weighted by atomic mass is 127. The SMILES string of the molecule is O=C(NCC1CC1)C(=O)C(Cc1ccc[nH]c1=O)NC(=O)C(CC1CCC1)NC(=O)c1nc2ccccc2n1I. The standard InChI is InChI=1S/C28H31IN6O5/c29-35-22-9-2-1-8-19(22)32-24(35)28(40)34-21(13-16-5-3-6-16)26(38)33-20(14-18-7-4-12-30-25(18)37)23(36)27(39)31-15-17-10-11-17/h1-2,4,7-9,12,16-17,20-21H,3,5-6,10-11,13-15H2,(H,30,37)(H,31,39)(H,33,38)(H,34,40). The summed E-state index contributed by atoms with van der Waals surface area (Å²) in [6.07, 6.45) is 6.63. The van der Waals surface area contributed by atoms with Crippen molar-refractivity contribution in [3.8, 4) is 0 Å². The van der Waals surface area contributed by atoms with Gasteiger partial charge in [0.25, 0.3) is 17.4 Å². The van der Waals surface area contributed by atoms with Crippen molar-refractivity contribution in [3.05, 3.63) is 64.3 Å². The maximum absolute atomic E-state index is 13.6. The number of benzene rings is 1. The molecule has 40 heavy (non-hydrogen) atoms. The normalized spacial score (nSPS) is 16.5. The number of nitrogens with zero attached hydrogens (tertiary/aromatic N) is 2. The Morgan fingerprint density at radius 2 is 1.77 bits per heavy atom. The summed E-state index contributed by atoms with van der Waals surface area (Å²) in [5.41, 5.74) is 1.27. The molecule has 2 aliphatic rings. The minimum Gasteiger partial charge on any atom is -0.349 e. The van der Waals surface area contributed by atoms with E-state index in [4.69, 9.17) is 0 Å². The van der Waals surface area contributed by atoms with Gasteiger partial charge in [-0.25, -0.2) is 4.98 Å². The monoisotopic (exact) mass is 658 g/mol. The first-order chi connectivity index (χ1) is 19.3. The van der Waals surface area contributed by atoms with Crippen molar-refractivity contribution in [2.45, 2.75) is 57.0 Å². The highest BCUT2D eigenvalue weighted by Gasteiger charge is 2.34. The van der Waals surface area contributed by atoms with E-state index in [1.807, 2.05) is 41.1 Å². The number of hydrogen-bond donors (Lipinski definition) is 4. The molecule has 2 aromatic heterocycles. The number of aromatic nitrogens is 3. The number of hydrogen-bond acceptors (Lipinski definition) is 6. The number of amides is 3. The second-order valence-corrected chi connectivity index (χ2v) is 11.5. The van der Waals surface area contributed by atoms with Gasteiger partial charge in [-0.2, -0.15) is 0 Å². The molecule has 12 heteroatoms. The second-order valence-electron chi connectivity index (χ2n) is 10.6. The van der Waals surface area contributed by atoms with E-state index in [2.05, 4.69) is 25.9 Å². The van der Waals surface area contributed by atoms with Crippen LogP contribution in [-0.2, 0) is 20.8 Å². The Balaban J connectivity index is 1.35. The lowest BCUT2D eigenvalue weighted by molar-refractivity contribution is -0.140. The van der Waals surface area contributed by atoms with Crippen LogP contribution in [0.2, 0.25) is 0 Å². The van der Waals surface area contributed by atoms with Crippen LogP contribution in [0.15, 0.2) is 47.4 Å². The number of halogens is 1. The molecule has 0 saturated heterocycles. The number of nitrogens with one attached hydrogen (secondary N) is 4. The average Bonchev–Trinajstić information content (AvgIpc) is 3.70. The van der Waals surface area contributed by atoms with E-state index in [0.717, 1.165) is 37.6 Å². The van der Waals surface area contributed by atoms with E-state index in [1.54, 1.807) is 21.0 Å². The van der Waals surface area contributed by atoms with E-state index in [1.165, 1.54) is 6.20 Å². The van der Waals surface area contributed by atoms with Gasteiger partial charge < -0.3 is 20.9 Å². The van der Waals surface area contributed by atoms with E-state index in [-0.39, 0.29) is 23.7 Å². The molecule has 5 rings (SSSR count). The molecule has 0 spiro atoms. The first kappa shape index (κ1) is 28.0. The maximum atomic E-state index is 13.6. The Morgan fingerprint density at radius 1 is 1.00 bits per heavy atom. The van der Waals surface area contributed by atoms with E-state index >= 15 is 0 Å². The summed E-state index contributed by atoms with van der Waals surface area (Å²) in [4.78, 5) is 72.1. The van der Waals surface area contributed by atoms with Gasteiger partial charge in [0.2, 0.25) is 17.5 Å². The highest BCUT2D eigenvalue weighted by molar-refractivity contribution is 14.1. The van der Waals surface area contributed by atoms with E-state index < -0.39 is 41.1 Å². The molecule has 2 heterocycles. The molecule has 3 amide bonds. The van der Waals surface area contributed by atoms with Crippen molar-refractivity contribution in [3.63, 3.8) is 0 Å². The number of fused-ring (bicyclic) bond motifs is 1. The largest absolute Gasteiger partial charge is 0.349 e. The first-order valence-electron chi connectivity index (χ1n) is 13.5. The van der Waals surface area contributed by atoms with E-state index in [0.29, 0.717) is 24.4 Å². The number of pyridine rings is 1. The summed E-state index contributed by atoms with van der Waals surface area (Å²) in [6.45, 7) is 0.398. The van der Waals surface area contributed by atoms with Gasteiger partial charge in [0, 0.05) is 24.7 Å². The molecule has 2 aliphatic carbocycles. The lowest BCUT2D eigenvalue weighted by atomic mass is 9.80. The van der Waals surface area contributed by atoms with Crippen molar-refractivity contribution in [1.82, 2.24) is 28.7 Å². The number of carbonyl (C=O) groups excluding carboxylic acids is 4. The molecule has 3 aromatic rings. The Kier molecular flexibility index (Phi) is 8.62. The summed E-state index contributed by atoms with van der Waals surface area (Å²) in [5, 5.41) is 8.14. The van der Waals surface area contributed by atoms with Gasteiger partial charge in [0.05, 0.1) is 33.9 Å². The van der Waals surface area contributed by atoms with Crippen LogP contribution in [-0.4, -0.2) is 54.9 Å². The summed E-state index contributed by atoms with van der Waals surface area (Å²) < 4.78 is 1.64. The number of H-pyrrole nitrogens is 1.